The molecule has 3 aromatic carbocycles. The van der Waals surface area contributed by atoms with Crippen LogP contribution >= 0.6 is 11.8 Å². The molecule has 0 aliphatic rings. The van der Waals surface area contributed by atoms with Gasteiger partial charge in [0.05, 0.1) is 17.1 Å². The molecular weight excluding hydrogens is 358 g/mol. The lowest BCUT2D eigenvalue weighted by molar-refractivity contribution is -0.109. The SMILES string of the molecule is CC(=O)Sc1ccccc1-c1cccc(N=Nc2ccccc2)c1N=[N+]=[N-]. The minimum absolute atomic E-state index is 0.0206. The van der Waals surface area contributed by atoms with E-state index in [-0.39, 0.29) is 5.12 Å². The fourth-order valence-electron chi connectivity index (χ4n) is 2.52. The molecule has 0 fully saturated rings. The number of nitrogens with zero attached hydrogens (tertiary/aromatic N) is 5. The minimum atomic E-state index is -0.0206. The topological polar surface area (TPSA) is 90.5 Å². The predicted molar refractivity (Wildman–Crippen MR) is 108 cm³/mol. The van der Waals surface area contributed by atoms with Gasteiger partial charge < -0.3 is 0 Å². The molecule has 0 saturated heterocycles. The first kappa shape index (κ1) is 18.4. The van der Waals surface area contributed by atoms with Gasteiger partial charge in [-0.2, -0.15) is 10.2 Å². The molecule has 0 bridgehead atoms. The van der Waals surface area contributed by atoms with Crippen molar-refractivity contribution in [2.75, 3.05) is 0 Å². The van der Waals surface area contributed by atoms with Gasteiger partial charge in [0.2, 0.25) is 0 Å². The van der Waals surface area contributed by atoms with Crippen LogP contribution in [0.25, 0.3) is 21.6 Å². The maximum Gasteiger partial charge on any atom is 0.190 e. The molecule has 0 N–H and O–H groups in total. The molecule has 0 heterocycles. The molecule has 6 nitrogen and oxygen atoms in total. The maximum atomic E-state index is 11.6. The number of carbonyl (C=O) groups excluding carboxylic acids is 1. The largest absolute Gasteiger partial charge is 0.287 e. The number of rotatable bonds is 5. The highest BCUT2D eigenvalue weighted by atomic mass is 32.2. The number of azo groups is 1. The van der Waals surface area contributed by atoms with Crippen LogP contribution in [0.2, 0.25) is 0 Å². The van der Waals surface area contributed by atoms with E-state index in [0.717, 1.165) is 22.2 Å². The van der Waals surface area contributed by atoms with Gasteiger partial charge >= 0.3 is 0 Å². The summed E-state index contributed by atoms with van der Waals surface area (Å²) >= 11 is 1.14. The maximum absolute atomic E-state index is 11.6. The van der Waals surface area contributed by atoms with E-state index in [1.807, 2.05) is 66.7 Å². The lowest BCUT2D eigenvalue weighted by Crippen LogP contribution is -1.87. The molecule has 0 spiro atoms. The predicted octanol–water partition coefficient (Wildman–Crippen LogP) is 7.35. The summed E-state index contributed by atoms with van der Waals surface area (Å²) in [5.74, 6) is 0. The van der Waals surface area contributed by atoms with Crippen molar-refractivity contribution in [3.63, 3.8) is 0 Å². The van der Waals surface area contributed by atoms with Gasteiger partial charge in [0, 0.05) is 16.7 Å². The third-order valence-electron chi connectivity index (χ3n) is 3.62. The number of hydrogen-bond acceptors (Lipinski definition) is 5. The van der Waals surface area contributed by atoms with Crippen molar-refractivity contribution in [1.82, 2.24) is 0 Å². The van der Waals surface area contributed by atoms with Crippen LogP contribution in [0.1, 0.15) is 6.92 Å². The zero-order valence-corrected chi connectivity index (χ0v) is 15.3. The van der Waals surface area contributed by atoms with Gasteiger partial charge in [0.1, 0.15) is 0 Å². The molecule has 0 amide bonds. The summed E-state index contributed by atoms with van der Waals surface area (Å²) in [6.45, 7) is 1.51. The van der Waals surface area contributed by atoms with Crippen molar-refractivity contribution in [2.24, 2.45) is 15.3 Å². The van der Waals surface area contributed by atoms with E-state index in [1.165, 1.54) is 6.92 Å². The summed E-state index contributed by atoms with van der Waals surface area (Å²) in [7, 11) is 0. The molecule has 7 heteroatoms. The number of thioether (sulfide) groups is 1. The average molecular weight is 373 g/mol. The Balaban J connectivity index is 2.11. The average Bonchev–Trinajstić information content (AvgIpc) is 2.68. The fraction of sp³-hybridized carbons (Fsp3) is 0.0500. The van der Waals surface area contributed by atoms with Crippen molar-refractivity contribution in [3.8, 4) is 11.1 Å². The lowest BCUT2D eigenvalue weighted by atomic mass is 10.0. The van der Waals surface area contributed by atoms with E-state index in [0.29, 0.717) is 22.6 Å². The van der Waals surface area contributed by atoms with Crippen molar-refractivity contribution in [2.45, 2.75) is 11.8 Å². The fourth-order valence-corrected chi connectivity index (χ4v) is 3.26. The van der Waals surface area contributed by atoms with E-state index in [2.05, 4.69) is 20.3 Å². The molecule has 132 valence electrons. The van der Waals surface area contributed by atoms with Crippen molar-refractivity contribution in [1.29, 1.82) is 0 Å². The first-order valence-electron chi connectivity index (χ1n) is 8.12. The number of carbonyl (C=O) groups is 1. The highest BCUT2D eigenvalue weighted by Gasteiger charge is 2.13. The second-order valence-corrected chi connectivity index (χ2v) is 6.71. The minimum Gasteiger partial charge on any atom is -0.287 e. The second kappa shape index (κ2) is 8.80. The Labute approximate surface area is 160 Å². The molecule has 27 heavy (non-hydrogen) atoms. The van der Waals surface area contributed by atoms with Gasteiger partial charge in [0.15, 0.2) is 5.12 Å². The Morgan fingerprint density at radius 1 is 0.889 bits per heavy atom. The monoisotopic (exact) mass is 373 g/mol. The molecule has 0 aliphatic heterocycles. The molecular formula is C20H15N5OS. The van der Waals surface area contributed by atoms with Gasteiger partial charge in [-0.1, -0.05) is 65.4 Å². The molecule has 0 aliphatic carbocycles. The Morgan fingerprint density at radius 2 is 1.59 bits per heavy atom. The Bertz CT molecular complexity index is 1040. The van der Waals surface area contributed by atoms with Crippen LogP contribution in [0.5, 0.6) is 0 Å². The highest BCUT2D eigenvalue weighted by molar-refractivity contribution is 8.13. The summed E-state index contributed by atoms with van der Waals surface area (Å²) in [6, 6.07) is 22.2. The van der Waals surface area contributed by atoms with Crippen LogP contribution in [-0.2, 0) is 4.79 Å². The van der Waals surface area contributed by atoms with Crippen LogP contribution in [-0.4, -0.2) is 5.12 Å². The van der Waals surface area contributed by atoms with Gasteiger partial charge in [-0.3, -0.25) is 4.79 Å². The lowest BCUT2D eigenvalue weighted by Gasteiger charge is -2.11. The van der Waals surface area contributed by atoms with E-state index in [1.54, 1.807) is 6.07 Å². The summed E-state index contributed by atoms with van der Waals surface area (Å²) < 4.78 is 0. The van der Waals surface area contributed by atoms with E-state index >= 15 is 0 Å². The number of benzene rings is 3. The van der Waals surface area contributed by atoms with Crippen LogP contribution in [0.3, 0.4) is 0 Å². The zero-order valence-electron chi connectivity index (χ0n) is 14.5. The molecule has 0 aromatic heterocycles. The smallest absolute Gasteiger partial charge is 0.190 e. The number of hydrogen-bond donors (Lipinski definition) is 0. The molecule has 3 rings (SSSR count). The molecule has 0 unspecified atom stereocenters. The van der Waals surface area contributed by atoms with Gasteiger partial charge in [-0.05, 0) is 40.9 Å². The van der Waals surface area contributed by atoms with Crippen LogP contribution in [0, 0.1) is 0 Å². The van der Waals surface area contributed by atoms with Crippen molar-refractivity contribution < 1.29 is 4.79 Å². The molecule has 0 atom stereocenters. The van der Waals surface area contributed by atoms with E-state index < -0.39 is 0 Å². The second-order valence-electron chi connectivity index (χ2n) is 5.49. The summed E-state index contributed by atoms with van der Waals surface area (Å²) in [5, 5.41) is 12.3. The van der Waals surface area contributed by atoms with E-state index in [9.17, 15) is 4.79 Å². The first-order chi connectivity index (χ1) is 13.2. The molecule has 0 saturated carbocycles. The van der Waals surface area contributed by atoms with Gasteiger partial charge in [0.25, 0.3) is 0 Å². The van der Waals surface area contributed by atoms with Crippen LogP contribution < -0.4 is 0 Å². The van der Waals surface area contributed by atoms with Gasteiger partial charge in [-0.25, -0.2) is 0 Å². The standard InChI is InChI=1S/C20H15N5OS/c1-14(26)27-19-13-6-5-10-16(19)17-11-7-12-18(20(17)24-25-21)23-22-15-8-3-2-4-9-15/h2-13H,1H3. The molecule has 3 aromatic rings. The normalized spacial score (nSPS) is 10.6. The van der Waals surface area contributed by atoms with E-state index in [4.69, 9.17) is 5.53 Å². The summed E-state index contributed by atoms with van der Waals surface area (Å²) in [6.07, 6.45) is 0. The highest BCUT2D eigenvalue weighted by Crippen LogP contribution is 2.42. The summed E-state index contributed by atoms with van der Waals surface area (Å²) in [5.41, 5.74) is 12.1. The van der Waals surface area contributed by atoms with Crippen molar-refractivity contribution >= 4 is 33.9 Å². The molecule has 0 radical (unpaired) electrons. The van der Waals surface area contributed by atoms with Crippen LogP contribution in [0.15, 0.2) is 93.0 Å². The Hall–Kier alpha value is -3.41. The quantitative estimate of drug-likeness (QED) is 0.202. The van der Waals surface area contributed by atoms with Crippen LogP contribution in [0.4, 0.5) is 17.1 Å². The first-order valence-corrected chi connectivity index (χ1v) is 8.93. The third-order valence-corrected chi connectivity index (χ3v) is 4.48. The Kier molecular flexibility index (Phi) is 5.99. The summed E-state index contributed by atoms with van der Waals surface area (Å²) in [4.78, 5) is 15.3. The zero-order chi connectivity index (χ0) is 19.1. The van der Waals surface area contributed by atoms with Gasteiger partial charge in [-0.15, -0.1) is 0 Å². The number of azide groups is 1. The third kappa shape index (κ3) is 4.61. The Morgan fingerprint density at radius 3 is 2.33 bits per heavy atom. The van der Waals surface area contributed by atoms with Crippen molar-refractivity contribution in [3.05, 3.63) is 83.2 Å².